The van der Waals surface area contributed by atoms with Crippen LogP contribution < -0.4 is 10.1 Å². The van der Waals surface area contributed by atoms with Crippen molar-refractivity contribution in [2.45, 2.75) is 60.0 Å². The third-order valence-corrected chi connectivity index (χ3v) is 3.93. The minimum Gasteiger partial charge on any atom is -0.490 e. The summed E-state index contributed by atoms with van der Waals surface area (Å²) in [6.07, 6.45) is 2.91. The Morgan fingerprint density at radius 1 is 1.30 bits per heavy atom. The van der Waals surface area contributed by atoms with E-state index in [4.69, 9.17) is 15.0 Å². The van der Waals surface area contributed by atoms with Gasteiger partial charge in [0, 0.05) is 19.2 Å². The van der Waals surface area contributed by atoms with E-state index >= 15 is 0 Å². The summed E-state index contributed by atoms with van der Waals surface area (Å²) in [6, 6.07) is 7.19. The van der Waals surface area contributed by atoms with Crippen LogP contribution in [0.3, 0.4) is 0 Å². The van der Waals surface area contributed by atoms with Crippen LogP contribution in [-0.2, 0) is 4.84 Å². The molecule has 0 spiro atoms. The molecule has 1 aromatic rings. The Morgan fingerprint density at radius 3 is 2.52 bits per heavy atom. The Balaban J connectivity index is 3.04. The second-order valence-electron chi connectivity index (χ2n) is 6.49. The highest BCUT2D eigenvalue weighted by atomic mass is 16.7. The molecule has 0 fully saturated rings. The molecule has 0 unspecified atom stereocenters. The highest BCUT2D eigenvalue weighted by Gasteiger charge is 2.16. The number of ether oxygens (including phenoxy) is 1. The molecule has 0 atom stereocenters. The van der Waals surface area contributed by atoms with Crippen LogP contribution in [0.15, 0.2) is 29.6 Å². The minimum absolute atomic E-state index is 0.0209. The van der Waals surface area contributed by atoms with E-state index in [0.717, 1.165) is 31.6 Å². The normalized spacial score (nSPS) is 11.5. The van der Waals surface area contributed by atoms with E-state index in [9.17, 15) is 5.26 Å². The number of rotatable bonds is 10. The number of hydroxylamine groups is 2. The van der Waals surface area contributed by atoms with Crippen LogP contribution in [-0.4, -0.2) is 30.7 Å². The zero-order valence-electron chi connectivity index (χ0n) is 17.3. The number of allylic oxidation sites excluding steroid dienone is 1. The minimum atomic E-state index is -0.0244. The topological polar surface area (TPSA) is 81.4 Å². The summed E-state index contributed by atoms with van der Waals surface area (Å²) in [5.41, 5.74) is 2.17. The molecular formula is C21H32N4O2. The van der Waals surface area contributed by atoms with Crippen molar-refractivity contribution in [3.63, 3.8) is 0 Å². The lowest BCUT2D eigenvalue weighted by Gasteiger charge is -2.26. The molecule has 27 heavy (non-hydrogen) atoms. The van der Waals surface area contributed by atoms with Crippen molar-refractivity contribution in [1.82, 2.24) is 10.4 Å². The van der Waals surface area contributed by atoms with Crippen LogP contribution in [0.25, 0.3) is 0 Å². The summed E-state index contributed by atoms with van der Waals surface area (Å²) in [5.74, 6) is 1.39. The van der Waals surface area contributed by atoms with Gasteiger partial charge in [-0.3, -0.25) is 5.41 Å². The summed E-state index contributed by atoms with van der Waals surface area (Å²) in [7, 11) is 1.79. The van der Waals surface area contributed by atoms with E-state index in [1.165, 1.54) is 5.57 Å². The fourth-order valence-electron chi connectivity index (χ4n) is 2.74. The Kier molecular flexibility index (Phi) is 9.21. The van der Waals surface area contributed by atoms with Gasteiger partial charge in [-0.25, -0.2) is 0 Å². The third-order valence-electron chi connectivity index (χ3n) is 3.93. The first-order chi connectivity index (χ1) is 12.9. The first kappa shape index (κ1) is 22.4. The van der Waals surface area contributed by atoms with Gasteiger partial charge in [0.05, 0.1) is 11.7 Å². The van der Waals surface area contributed by atoms with Gasteiger partial charge in [0.1, 0.15) is 17.6 Å². The summed E-state index contributed by atoms with van der Waals surface area (Å²) >= 11 is 0. The zero-order valence-corrected chi connectivity index (χ0v) is 17.3. The van der Waals surface area contributed by atoms with Crippen molar-refractivity contribution in [2.24, 2.45) is 0 Å². The third kappa shape index (κ3) is 6.52. The predicted octanol–water partition coefficient (Wildman–Crippen LogP) is 4.57. The van der Waals surface area contributed by atoms with E-state index in [1.807, 2.05) is 20.8 Å². The first-order valence-corrected chi connectivity index (χ1v) is 9.55. The largest absolute Gasteiger partial charge is 0.490 e. The fraction of sp³-hybridized carbons (Fsp3) is 0.524. The van der Waals surface area contributed by atoms with Crippen molar-refractivity contribution in [3.8, 4) is 11.8 Å². The summed E-state index contributed by atoms with van der Waals surface area (Å²) in [4.78, 5) is 5.75. The van der Waals surface area contributed by atoms with Gasteiger partial charge >= 0.3 is 0 Å². The quantitative estimate of drug-likeness (QED) is 0.357. The van der Waals surface area contributed by atoms with Gasteiger partial charge in [0.2, 0.25) is 5.90 Å². The van der Waals surface area contributed by atoms with Crippen LogP contribution in [0.1, 0.15) is 65.0 Å². The zero-order chi connectivity index (χ0) is 20.4. The van der Waals surface area contributed by atoms with Crippen molar-refractivity contribution in [2.75, 3.05) is 13.6 Å². The highest BCUT2D eigenvalue weighted by Crippen LogP contribution is 2.22. The maximum Gasteiger partial charge on any atom is 0.246 e. The Bertz CT molecular complexity index is 705. The molecular weight excluding hydrogens is 340 g/mol. The second kappa shape index (κ2) is 11.1. The summed E-state index contributed by atoms with van der Waals surface area (Å²) < 4.78 is 5.63. The number of benzene rings is 1. The van der Waals surface area contributed by atoms with Crippen LogP contribution in [0.2, 0.25) is 0 Å². The molecule has 0 aliphatic rings. The summed E-state index contributed by atoms with van der Waals surface area (Å²) in [6.45, 7) is 10.9. The molecule has 2 N–H and O–H groups in total. The molecule has 1 rings (SSSR count). The van der Waals surface area contributed by atoms with Gasteiger partial charge in [0.15, 0.2) is 0 Å². The number of nitrogens with zero attached hydrogens (tertiary/aromatic N) is 2. The smallest absolute Gasteiger partial charge is 0.246 e. The van der Waals surface area contributed by atoms with E-state index in [1.54, 1.807) is 30.3 Å². The van der Waals surface area contributed by atoms with Crippen molar-refractivity contribution in [3.05, 3.63) is 40.7 Å². The van der Waals surface area contributed by atoms with Gasteiger partial charge < -0.3 is 14.9 Å². The maximum atomic E-state index is 9.37. The van der Waals surface area contributed by atoms with Crippen LogP contribution >= 0.6 is 0 Å². The molecule has 0 aliphatic carbocycles. The Hall–Kier alpha value is -2.68. The molecule has 0 amide bonds. The van der Waals surface area contributed by atoms with Gasteiger partial charge in [-0.2, -0.15) is 10.3 Å². The lowest BCUT2D eigenvalue weighted by atomic mass is 10.1. The van der Waals surface area contributed by atoms with Crippen LogP contribution in [0.4, 0.5) is 0 Å². The monoisotopic (exact) mass is 372 g/mol. The van der Waals surface area contributed by atoms with Gasteiger partial charge in [0.25, 0.3) is 0 Å². The standard InChI is InChI=1S/C21H32N4O2/c1-7-10-16(8-2)21(24-9-3)25(6)27-20(23)17-11-12-19(26-15(4)5)18(13-17)14-22/h11-13,15,23-24H,7-10H2,1-6H3. The molecule has 0 aliphatic heterocycles. The summed E-state index contributed by atoms with van der Waals surface area (Å²) in [5, 5.41) is 22.6. The molecule has 148 valence electrons. The van der Waals surface area contributed by atoms with E-state index in [2.05, 4.69) is 25.2 Å². The van der Waals surface area contributed by atoms with Crippen molar-refractivity contribution >= 4 is 5.90 Å². The van der Waals surface area contributed by atoms with E-state index < -0.39 is 0 Å². The second-order valence-corrected chi connectivity index (χ2v) is 6.49. The molecule has 6 heteroatoms. The van der Waals surface area contributed by atoms with Crippen molar-refractivity contribution in [1.29, 1.82) is 10.7 Å². The van der Waals surface area contributed by atoms with Gasteiger partial charge in [-0.1, -0.05) is 20.3 Å². The number of hydrogen-bond donors (Lipinski definition) is 2. The maximum absolute atomic E-state index is 9.37. The number of hydrogen-bond acceptors (Lipinski definition) is 6. The SMILES string of the molecule is CCCC(CC)=C(NCC)N(C)OC(=N)c1ccc(OC(C)C)c(C#N)c1. The number of nitrogens with one attached hydrogen (secondary N) is 2. The van der Waals surface area contributed by atoms with E-state index in [-0.39, 0.29) is 12.0 Å². The molecule has 0 saturated carbocycles. The molecule has 0 saturated heterocycles. The Labute approximate surface area is 163 Å². The average Bonchev–Trinajstić information content (AvgIpc) is 2.64. The lowest BCUT2D eigenvalue weighted by molar-refractivity contribution is -0.0191. The molecule has 0 aromatic heterocycles. The molecule has 0 radical (unpaired) electrons. The Morgan fingerprint density at radius 2 is 2.00 bits per heavy atom. The fourth-order valence-corrected chi connectivity index (χ4v) is 2.74. The van der Waals surface area contributed by atoms with Gasteiger partial charge in [-0.05, 0) is 57.4 Å². The van der Waals surface area contributed by atoms with Crippen LogP contribution in [0.5, 0.6) is 5.75 Å². The van der Waals surface area contributed by atoms with E-state index in [0.29, 0.717) is 16.9 Å². The number of nitriles is 1. The average molecular weight is 373 g/mol. The molecule has 1 aromatic carbocycles. The molecule has 0 heterocycles. The lowest BCUT2D eigenvalue weighted by Crippen LogP contribution is -2.32. The molecule has 6 nitrogen and oxygen atoms in total. The first-order valence-electron chi connectivity index (χ1n) is 9.55. The predicted molar refractivity (Wildman–Crippen MR) is 108 cm³/mol. The van der Waals surface area contributed by atoms with Crippen LogP contribution in [0, 0.1) is 16.7 Å². The van der Waals surface area contributed by atoms with Gasteiger partial charge in [-0.15, -0.1) is 0 Å². The molecule has 0 bridgehead atoms. The highest BCUT2D eigenvalue weighted by molar-refractivity contribution is 5.92. The van der Waals surface area contributed by atoms with Crippen molar-refractivity contribution < 1.29 is 9.57 Å².